The van der Waals surface area contributed by atoms with Crippen molar-refractivity contribution < 1.29 is 0 Å². The predicted molar refractivity (Wildman–Crippen MR) is 158 cm³/mol. The van der Waals surface area contributed by atoms with Gasteiger partial charge in [-0.15, -0.1) is 0 Å². The second kappa shape index (κ2) is 9.40. The normalized spacial score (nSPS) is 14.7. The van der Waals surface area contributed by atoms with Gasteiger partial charge in [0.1, 0.15) is 0 Å². The molecule has 30 heavy (non-hydrogen) atoms. The summed E-state index contributed by atoms with van der Waals surface area (Å²) in [6.45, 7) is 38.6. The Kier molecular flexibility index (Phi) is 9.13. The zero-order chi connectivity index (χ0) is 24.1. The van der Waals surface area contributed by atoms with Crippen LogP contribution in [0.25, 0.3) is 0 Å². The molecule has 2 radical (unpaired) electrons. The topological polar surface area (TPSA) is 0 Å². The summed E-state index contributed by atoms with van der Waals surface area (Å²) in [5.74, 6) is 0. The fourth-order valence-corrected chi connectivity index (χ4v) is 36.5. The van der Waals surface area contributed by atoms with Gasteiger partial charge in [0.25, 0.3) is 0 Å². The van der Waals surface area contributed by atoms with E-state index >= 15 is 0 Å². The molecule has 172 valence electrons. The number of hydrogen-bond donors (Lipinski definition) is 0. The van der Waals surface area contributed by atoms with Gasteiger partial charge >= 0.3 is 208 Å². The molecule has 0 aromatic heterocycles. The maximum atomic E-state index is 4.12. The van der Waals surface area contributed by atoms with Gasteiger partial charge in [-0.3, -0.25) is 0 Å². The average Bonchev–Trinajstić information content (AvgIpc) is 2.39. The minimum absolute atomic E-state index is 0.196. The Morgan fingerprint density at radius 2 is 0.900 bits per heavy atom. The molecule has 0 heterocycles. The van der Waals surface area contributed by atoms with Crippen molar-refractivity contribution in [2.75, 3.05) is 0 Å². The molecule has 0 fully saturated rings. The Labute approximate surface area is 206 Å². The van der Waals surface area contributed by atoms with Crippen LogP contribution in [0.1, 0.15) is 47.8 Å². The zero-order valence-corrected chi connectivity index (χ0v) is 30.4. The van der Waals surface area contributed by atoms with E-state index in [2.05, 4.69) is 125 Å². The summed E-state index contributed by atoms with van der Waals surface area (Å²) in [6.07, 6.45) is 0. The van der Waals surface area contributed by atoms with E-state index in [4.69, 9.17) is 0 Å². The van der Waals surface area contributed by atoms with E-state index in [1.807, 2.05) is 0 Å². The molecule has 1 aromatic carbocycles. The fourth-order valence-electron chi connectivity index (χ4n) is 6.15. The van der Waals surface area contributed by atoms with Crippen LogP contribution in [0.15, 0.2) is 12.1 Å². The van der Waals surface area contributed by atoms with Gasteiger partial charge in [-0.1, -0.05) is 0 Å². The van der Waals surface area contributed by atoms with Gasteiger partial charge in [0.15, 0.2) is 0 Å². The van der Waals surface area contributed by atoms with Crippen LogP contribution in [0, 0.1) is 0 Å². The van der Waals surface area contributed by atoms with Crippen LogP contribution in [0.5, 0.6) is 0 Å². The van der Waals surface area contributed by atoms with Crippen LogP contribution in [0.4, 0.5) is 0 Å². The van der Waals surface area contributed by atoms with E-state index < -0.39 is 32.3 Å². The molecule has 0 aliphatic heterocycles. The number of rotatable bonds is 7. The zero-order valence-electron chi connectivity index (χ0n) is 22.7. The van der Waals surface area contributed by atoms with Crippen molar-refractivity contribution >= 4 is 64.3 Å². The first-order valence-corrected chi connectivity index (χ1v) is 31.8. The molecule has 0 nitrogen and oxygen atoms in total. The van der Waals surface area contributed by atoms with Crippen LogP contribution in [0.2, 0.25) is 78.6 Å². The molecule has 1 rings (SSSR count). The van der Waals surface area contributed by atoms with E-state index in [0.29, 0.717) is 0 Å². The third-order valence-corrected chi connectivity index (χ3v) is 28.5. The Bertz CT molecular complexity index is 660. The molecule has 0 amide bonds. The minimum atomic E-state index is -1.36. The molecular formula is C24H49BrGeSi4. The van der Waals surface area contributed by atoms with Gasteiger partial charge in [-0.2, -0.15) is 0 Å². The van der Waals surface area contributed by atoms with Crippen molar-refractivity contribution in [3.63, 3.8) is 0 Å². The molecule has 0 aliphatic carbocycles. The van der Waals surface area contributed by atoms with Crippen LogP contribution < -0.4 is 4.40 Å². The second-order valence-electron chi connectivity index (χ2n) is 14.7. The Balaban J connectivity index is 4.18. The summed E-state index contributed by atoms with van der Waals surface area (Å²) in [5.41, 5.74) is 5.32. The van der Waals surface area contributed by atoms with Crippen LogP contribution in [0.3, 0.4) is 0 Å². The summed E-state index contributed by atoms with van der Waals surface area (Å²) in [7, 11) is -5.43. The molecule has 0 saturated carbocycles. The SMILES string of the molecule is CC(C)(C)c1cc(C([Si](C)(C)C)[Si](C)(C)C)[c]([Ge][Br])c(C([Si](C)(C)C)[Si](C)(C)C)c1. The fraction of sp³-hybridized carbons (Fsp3) is 0.750. The van der Waals surface area contributed by atoms with Gasteiger partial charge in [0, 0.05) is 0 Å². The molecule has 6 heteroatoms. The Hall–Kier alpha value is 1.11. The predicted octanol–water partition coefficient (Wildman–Crippen LogP) is 8.30. The molecule has 0 spiro atoms. The van der Waals surface area contributed by atoms with E-state index in [1.54, 1.807) is 21.1 Å². The Morgan fingerprint density at radius 1 is 0.633 bits per heavy atom. The summed E-state index contributed by atoms with van der Waals surface area (Å²) in [6, 6.07) is 5.35. The van der Waals surface area contributed by atoms with Gasteiger partial charge in [0.05, 0.1) is 0 Å². The quantitative estimate of drug-likeness (QED) is 0.276. The Morgan fingerprint density at radius 3 is 1.07 bits per heavy atom. The van der Waals surface area contributed by atoms with E-state index in [9.17, 15) is 0 Å². The second-order valence-corrected chi connectivity index (χ2v) is 40.6. The standard InChI is InChI=1S/C24H49BrGeSi4/c1-24(2,3)18-16-19(22(27(4,5)6)28(7,8)9)21(26-25)20(17-18)23(29(10,11)12)30(13,14)15/h16-17,22-23H,1-15H3. The molecule has 0 atom stereocenters. The maximum absolute atomic E-state index is 4.12. The number of benzene rings is 1. The van der Waals surface area contributed by atoms with Gasteiger partial charge in [-0.05, 0) is 0 Å². The van der Waals surface area contributed by atoms with Crippen molar-refractivity contribution in [3.05, 3.63) is 28.8 Å². The third-order valence-electron chi connectivity index (χ3n) is 6.25. The molecule has 0 aliphatic rings. The van der Waals surface area contributed by atoms with E-state index in [0.717, 1.165) is 10.3 Å². The molecule has 0 saturated heterocycles. The number of hydrogen-bond acceptors (Lipinski definition) is 0. The third kappa shape index (κ3) is 7.05. The molecule has 1 aromatic rings. The first-order chi connectivity index (χ1) is 13.0. The first-order valence-electron chi connectivity index (χ1n) is 11.6. The van der Waals surface area contributed by atoms with E-state index in [1.165, 1.54) is 0 Å². The van der Waals surface area contributed by atoms with Gasteiger partial charge in [0.2, 0.25) is 0 Å². The van der Waals surface area contributed by atoms with Crippen molar-refractivity contribution in [2.24, 2.45) is 0 Å². The van der Waals surface area contributed by atoms with Crippen molar-refractivity contribution in [1.82, 2.24) is 0 Å². The average molecular weight is 603 g/mol. The van der Waals surface area contributed by atoms with Crippen molar-refractivity contribution in [3.8, 4) is 0 Å². The van der Waals surface area contributed by atoms with Crippen LogP contribution >= 0.6 is 14.0 Å². The number of halogens is 1. The van der Waals surface area contributed by atoms with Crippen LogP contribution in [-0.4, -0.2) is 45.9 Å². The van der Waals surface area contributed by atoms with Gasteiger partial charge < -0.3 is 0 Å². The molecule has 0 unspecified atom stereocenters. The van der Waals surface area contributed by atoms with E-state index in [-0.39, 0.29) is 19.0 Å². The molecule has 0 bridgehead atoms. The van der Waals surface area contributed by atoms with Crippen molar-refractivity contribution in [1.29, 1.82) is 0 Å². The molecule has 0 N–H and O–H groups in total. The summed E-state index contributed by atoms with van der Waals surface area (Å²) in [5, 5.41) is 1.62. The summed E-state index contributed by atoms with van der Waals surface area (Å²) in [4.78, 5) is 0. The summed E-state index contributed by atoms with van der Waals surface area (Å²) >= 11 is 3.83. The van der Waals surface area contributed by atoms with Crippen molar-refractivity contribution in [2.45, 2.75) is 115 Å². The van der Waals surface area contributed by atoms with Crippen LogP contribution in [-0.2, 0) is 5.41 Å². The van der Waals surface area contributed by atoms with Gasteiger partial charge in [-0.25, -0.2) is 0 Å². The monoisotopic (exact) mass is 602 g/mol. The first kappa shape index (κ1) is 29.1. The summed E-state index contributed by atoms with van der Waals surface area (Å²) < 4.78 is 1.78. The molecular weight excluding hydrogens is 553 g/mol.